The summed E-state index contributed by atoms with van der Waals surface area (Å²) in [4.78, 5) is 0. The molecule has 0 spiro atoms. The molecular weight excluding hydrogens is 212 g/mol. The van der Waals surface area contributed by atoms with E-state index in [9.17, 15) is 13.9 Å². The second-order valence-corrected chi connectivity index (χ2v) is 5.00. The van der Waals surface area contributed by atoms with Crippen LogP contribution in [0.15, 0.2) is 18.2 Å². The van der Waals surface area contributed by atoms with Crippen LogP contribution >= 0.6 is 0 Å². The molecule has 0 saturated heterocycles. The summed E-state index contributed by atoms with van der Waals surface area (Å²) >= 11 is 0. The third-order valence-corrected chi connectivity index (χ3v) is 2.54. The molecule has 0 aliphatic heterocycles. The van der Waals surface area contributed by atoms with Crippen molar-refractivity contribution in [2.45, 2.75) is 32.9 Å². The Morgan fingerprint density at radius 2 is 1.81 bits per heavy atom. The van der Waals surface area contributed by atoms with Crippen LogP contribution in [0.25, 0.3) is 0 Å². The van der Waals surface area contributed by atoms with Crippen molar-refractivity contribution in [1.82, 2.24) is 0 Å². The fourth-order valence-corrected chi connectivity index (χ4v) is 1.48. The lowest BCUT2D eigenvalue weighted by atomic mass is 9.82. The number of aliphatic hydroxyl groups is 1. The molecule has 2 nitrogen and oxygen atoms in total. The zero-order valence-electron chi connectivity index (χ0n) is 9.67. The van der Waals surface area contributed by atoms with Crippen LogP contribution in [0, 0.1) is 17.0 Å². The van der Waals surface area contributed by atoms with Gasteiger partial charge in [-0.25, -0.2) is 8.78 Å². The van der Waals surface area contributed by atoms with E-state index >= 15 is 0 Å². The van der Waals surface area contributed by atoms with E-state index in [1.54, 1.807) is 20.8 Å². The first-order valence-corrected chi connectivity index (χ1v) is 5.12. The van der Waals surface area contributed by atoms with E-state index in [1.165, 1.54) is 0 Å². The number of aliphatic hydroxyl groups excluding tert-OH is 1. The molecule has 0 unspecified atom stereocenters. The molecule has 1 aromatic rings. The highest BCUT2D eigenvalue weighted by Crippen LogP contribution is 2.29. The van der Waals surface area contributed by atoms with Crippen LogP contribution in [0.1, 0.15) is 32.4 Å². The maximum absolute atomic E-state index is 13.4. The first-order chi connectivity index (χ1) is 7.23. The number of hydrogen-bond acceptors (Lipinski definition) is 2. The van der Waals surface area contributed by atoms with Gasteiger partial charge in [0, 0.05) is 5.56 Å². The SMILES string of the molecule is CC(C)(C)[C@@H](O)[C@@H](N)c1cc(F)ccc1F. The van der Waals surface area contributed by atoms with Crippen LogP contribution in [0.2, 0.25) is 0 Å². The minimum atomic E-state index is -0.941. The normalized spacial score (nSPS) is 15.9. The molecule has 0 saturated carbocycles. The predicted molar refractivity (Wildman–Crippen MR) is 58.7 cm³/mol. The van der Waals surface area contributed by atoms with Crippen LogP contribution in [0.5, 0.6) is 0 Å². The highest BCUT2D eigenvalue weighted by atomic mass is 19.1. The Morgan fingerprint density at radius 3 is 2.31 bits per heavy atom. The molecule has 16 heavy (non-hydrogen) atoms. The zero-order chi connectivity index (χ0) is 12.5. The molecule has 0 radical (unpaired) electrons. The fraction of sp³-hybridized carbons (Fsp3) is 0.500. The molecule has 90 valence electrons. The minimum absolute atomic E-state index is 0.00225. The number of halogens is 2. The minimum Gasteiger partial charge on any atom is -0.391 e. The Balaban J connectivity index is 3.05. The van der Waals surface area contributed by atoms with E-state index in [2.05, 4.69) is 0 Å². The predicted octanol–water partition coefficient (Wildman–Crippen LogP) is 2.37. The molecule has 2 atom stereocenters. The molecule has 1 rings (SSSR count). The molecule has 4 heteroatoms. The highest BCUT2D eigenvalue weighted by Gasteiger charge is 2.30. The molecule has 0 amide bonds. The molecule has 0 heterocycles. The molecule has 0 fully saturated rings. The molecule has 0 bridgehead atoms. The molecule has 0 aromatic heterocycles. The van der Waals surface area contributed by atoms with Gasteiger partial charge < -0.3 is 10.8 Å². The van der Waals surface area contributed by atoms with Crippen molar-refractivity contribution in [3.05, 3.63) is 35.4 Å². The molecule has 0 aliphatic carbocycles. The summed E-state index contributed by atoms with van der Waals surface area (Å²) in [5.74, 6) is -1.16. The lowest BCUT2D eigenvalue weighted by Crippen LogP contribution is -2.37. The van der Waals surface area contributed by atoms with Crippen LogP contribution in [0.3, 0.4) is 0 Å². The first kappa shape index (κ1) is 13.1. The summed E-state index contributed by atoms with van der Waals surface area (Å²) in [7, 11) is 0. The monoisotopic (exact) mass is 229 g/mol. The third kappa shape index (κ3) is 2.77. The van der Waals surface area contributed by atoms with Crippen molar-refractivity contribution in [3.8, 4) is 0 Å². The second kappa shape index (κ2) is 4.47. The summed E-state index contributed by atoms with van der Waals surface area (Å²) in [6, 6.07) is 2.12. The van der Waals surface area contributed by atoms with Crippen molar-refractivity contribution in [1.29, 1.82) is 0 Å². The van der Waals surface area contributed by atoms with Gasteiger partial charge in [0.15, 0.2) is 0 Å². The van der Waals surface area contributed by atoms with Crippen molar-refractivity contribution < 1.29 is 13.9 Å². The summed E-state index contributed by atoms with van der Waals surface area (Å²) in [5, 5.41) is 9.91. The summed E-state index contributed by atoms with van der Waals surface area (Å²) < 4.78 is 26.4. The summed E-state index contributed by atoms with van der Waals surface area (Å²) in [5.41, 5.74) is 5.25. The van der Waals surface area contributed by atoms with E-state index in [4.69, 9.17) is 5.73 Å². The van der Waals surface area contributed by atoms with Crippen LogP contribution in [-0.2, 0) is 0 Å². The number of rotatable bonds is 2. The van der Waals surface area contributed by atoms with Gasteiger partial charge in [0.2, 0.25) is 0 Å². The summed E-state index contributed by atoms with van der Waals surface area (Å²) in [6.45, 7) is 5.36. The van der Waals surface area contributed by atoms with E-state index in [0.717, 1.165) is 18.2 Å². The quantitative estimate of drug-likeness (QED) is 0.817. The number of benzene rings is 1. The average Bonchev–Trinajstić information content (AvgIpc) is 2.18. The van der Waals surface area contributed by atoms with E-state index in [0.29, 0.717) is 0 Å². The van der Waals surface area contributed by atoms with Gasteiger partial charge in [0.1, 0.15) is 11.6 Å². The van der Waals surface area contributed by atoms with Crippen molar-refractivity contribution in [3.63, 3.8) is 0 Å². The van der Waals surface area contributed by atoms with Gasteiger partial charge in [-0.05, 0) is 23.6 Å². The number of nitrogens with two attached hydrogens (primary N) is 1. The highest BCUT2D eigenvalue weighted by molar-refractivity contribution is 5.23. The van der Waals surface area contributed by atoms with E-state index < -0.39 is 29.2 Å². The Kier molecular flexibility index (Phi) is 3.65. The van der Waals surface area contributed by atoms with Gasteiger partial charge in [-0.15, -0.1) is 0 Å². The molecular formula is C12H17F2NO. The fourth-order valence-electron chi connectivity index (χ4n) is 1.48. The zero-order valence-corrected chi connectivity index (χ0v) is 9.67. The van der Waals surface area contributed by atoms with E-state index in [1.807, 2.05) is 0 Å². The maximum atomic E-state index is 13.4. The lowest BCUT2D eigenvalue weighted by molar-refractivity contribution is 0.0391. The lowest BCUT2D eigenvalue weighted by Gasteiger charge is -2.31. The van der Waals surface area contributed by atoms with Crippen molar-refractivity contribution >= 4 is 0 Å². The number of hydrogen-bond donors (Lipinski definition) is 2. The van der Waals surface area contributed by atoms with Crippen LogP contribution in [0.4, 0.5) is 8.78 Å². The molecule has 1 aromatic carbocycles. The third-order valence-electron chi connectivity index (χ3n) is 2.54. The molecule has 0 aliphatic rings. The smallest absolute Gasteiger partial charge is 0.128 e. The van der Waals surface area contributed by atoms with Gasteiger partial charge >= 0.3 is 0 Å². The standard InChI is InChI=1S/C12H17F2NO/c1-12(2,3)11(16)10(15)8-6-7(13)4-5-9(8)14/h4-6,10-11,16H,15H2,1-3H3/t10-,11-/m0/s1. The second-order valence-electron chi connectivity index (χ2n) is 5.00. The van der Waals surface area contributed by atoms with Crippen LogP contribution < -0.4 is 5.73 Å². The largest absolute Gasteiger partial charge is 0.391 e. The van der Waals surface area contributed by atoms with E-state index in [-0.39, 0.29) is 5.56 Å². The van der Waals surface area contributed by atoms with Crippen molar-refractivity contribution in [2.24, 2.45) is 11.1 Å². The first-order valence-electron chi connectivity index (χ1n) is 5.12. The molecule has 3 N–H and O–H groups in total. The van der Waals surface area contributed by atoms with Gasteiger partial charge in [-0.2, -0.15) is 0 Å². The Bertz CT molecular complexity index is 374. The Morgan fingerprint density at radius 1 is 1.25 bits per heavy atom. The van der Waals surface area contributed by atoms with Gasteiger partial charge in [0.25, 0.3) is 0 Å². The van der Waals surface area contributed by atoms with Gasteiger partial charge in [-0.3, -0.25) is 0 Å². The Labute approximate surface area is 94.1 Å². The van der Waals surface area contributed by atoms with Crippen LogP contribution in [-0.4, -0.2) is 11.2 Å². The Hall–Kier alpha value is -1.00. The maximum Gasteiger partial charge on any atom is 0.128 e. The van der Waals surface area contributed by atoms with Gasteiger partial charge in [0.05, 0.1) is 12.1 Å². The van der Waals surface area contributed by atoms with Crippen molar-refractivity contribution in [2.75, 3.05) is 0 Å². The van der Waals surface area contributed by atoms with Gasteiger partial charge in [-0.1, -0.05) is 20.8 Å². The topological polar surface area (TPSA) is 46.2 Å². The summed E-state index contributed by atoms with van der Waals surface area (Å²) in [6.07, 6.45) is -0.941. The average molecular weight is 229 g/mol.